The number of rotatable bonds is 4. The molecule has 0 aliphatic heterocycles. The van der Waals surface area contributed by atoms with Crippen LogP contribution in [0.25, 0.3) is 10.2 Å². The Morgan fingerprint density at radius 2 is 2.29 bits per heavy atom. The molecule has 90 valence electrons. The molecule has 0 radical (unpaired) electrons. The number of hydrogen-bond acceptors (Lipinski definition) is 5. The smallest absolute Gasteiger partial charge is 0.313 e. The van der Waals surface area contributed by atoms with Gasteiger partial charge in [0, 0.05) is 16.7 Å². The second-order valence-electron chi connectivity index (χ2n) is 3.56. The van der Waals surface area contributed by atoms with Gasteiger partial charge in [0.25, 0.3) is 0 Å². The molecule has 0 bridgehead atoms. The van der Waals surface area contributed by atoms with Gasteiger partial charge in [-0.25, -0.2) is 9.97 Å². The first-order valence-electron chi connectivity index (χ1n) is 5.21. The maximum atomic E-state index is 10.6. The molecular formula is C11H12N2O2S2. The summed E-state index contributed by atoms with van der Waals surface area (Å²) in [5, 5.41) is 10.5. The third-order valence-electron chi connectivity index (χ3n) is 2.18. The van der Waals surface area contributed by atoms with E-state index in [1.54, 1.807) is 11.3 Å². The quantitative estimate of drug-likeness (QED) is 0.682. The van der Waals surface area contributed by atoms with Crippen LogP contribution in [0.15, 0.2) is 11.1 Å². The van der Waals surface area contributed by atoms with E-state index in [1.807, 2.05) is 19.9 Å². The van der Waals surface area contributed by atoms with Gasteiger partial charge in [0.1, 0.15) is 15.7 Å². The lowest BCUT2D eigenvalue weighted by Crippen LogP contribution is -2.00. The van der Waals surface area contributed by atoms with Gasteiger partial charge in [-0.3, -0.25) is 4.79 Å². The third kappa shape index (κ3) is 2.76. The van der Waals surface area contributed by atoms with Crippen LogP contribution in [0.2, 0.25) is 0 Å². The molecule has 2 heterocycles. The first kappa shape index (κ1) is 12.3. The second kappa shape index (κ2) is 5.01. The average Bonchev–Trinajstić information content (AvgIpc) is 2.65. The number of carboxylic acid groups (broad SMARTS) is 1. The number of carbonyl (C=O) groups is 1. The van der Waals surface area contributed by atoms with E-state index in [1.165, 1.54) is 16.6 Å². The number of nitrogens with zero attached hydrogens (tertiary/aromatic N) is 2. The van der Waals surface area contributed by atoms with Crippen molar-refractivity contribution in [3.8, 4) is 0 Å². The van der Waals surface area contributed by atoms with Gasteiger partial charge in [0.2, 0.25) is 0 Å². The molecule has 0 fully saturated rings. The Morgan fingerprint density at radius 1 is 1.53 bits per heavy atom. The highest BCUT2D eigenvalue weighted by Crippen LogP contribution is 2.31. The van der Waals surface area contributed by atoms with Gasteiger partial charge in [-0.2, -0.15) is 0 Å². The fraction of sp³-hybridized carbons (Fsp3) is 0.364. The number of carboxylic acids is 1. The lowest BCUT2D eigenvalue weighted by Gasteiger charge is -2.02. The van der Waals surface area contributed by atoms with E-state index in [9.17, 15) is 4.79 Å². The number of aryl methyl sites for hydroxylation is 2. The van der Waals surface area contributed by atoms with E-state index in [0.29, 0.717) is 0 Å². The van der Waals surface area contributed by atoms with Crippen molar-refractivity contribution in [3.05, 3.63) is 16.8 Å². The van der Waals surface area contributed by atoms with Crippen LogP contribution in [0.4, 0.5) is 0 Å². The summed E-state index contributed by atoms with van der Waals surface area (Å²) in [7, 11) is 0. The van der Waals surface area contributed by atoms with Crippen LogP contribution in [0.3, 0.4) is 0 Å². The fourth-order valence-corrected chi connectivity index (χ4v) is 3.16. The largest absolute Gasteiger partial charge is 0.481 e. The summed E-state index contributed by atoms with van der Waals surface area (Å²) in [4.78, 5) is 21.6. The number of thioether (sulfide) groups is 1. The predicted octanol–water partition coefficient (Wildman–Crippen LogP) is 2.74. The normalized spacial score (nSPS) is 10.9. The zero-order chi connectivity index (χ0) is 12.4. The summed E-state index contributed by atoms with van der Waals surface area (Å²) in [5.74, 6) is -0.0246. The van der Waals surface area contributed by atoms with Crippen molar-refractivity contribution in [1.29, 1.82) is 0 Å². The van der Waals surface area contributed by atoms with Crippen LogP contribution in [0, 0.1) is 6.92 Å². The Hall–Kier alpha value is -1.14. The fourth-order valence-electron chi connectivity index (χ4n) is 1.46. The van der Waals surface area contributed by atoms with Crippen molar-refractivity contribution in [2.75, 3.05) is 5.75 Å². The van der Waals surface area contributed by atoms with Gasteiger partial charge in [-0.05, 0) is 13.0 Å². The number of fused-ring (bicyclic) bond motifs is 1. The van der Waals surface area contributed by atoms with Gasteiger partial charge in [0.15, 0.2) is 0 Å². The van der Waals surface area contributed by atoms with Gasteiger partial charge < -0.3 is 5.11 Å². The number of hydrogen-bond donors (Lipinski definition) is 1. The van der Waals surface area contributed by atoms with E-state index in [-0.39, 0.29) is 5.75 Å². The highest BCUT2D eigenvalue weighted by Gasteiger charge is 2.11. The topological polar surface area (TPSA) is 63.1 Å². The lowest BCUT2D eigenvalue weighted by atomic mass is 10.3. The first-order valence-corrected chi connectivity index (χ1v) is 7.02. The molecule has 0 aliphatic rings. The molecule has 0 saturated carbocycles. The molecule has 0 amide bonds. The van der Waals surface area contributed by atoms with Crippen molar-refractivity contribution < 1.29 is 9.90 Å². The van der Waals surface area contributed by atoms with E-state index in [4.69, 9.17) is 5.11 Å². The summed E-state index contributed by atoms with van der Waals surface area (Å²) >= 11 is 2.88. The van der Waals surface area contributed by atoms with E-state index in [0.717, 1.165) is 27.5 Å². The number of aromatic nitrogens is 2. The predicted molar refractivity (Wildman–Crippen MR) is 69.9 cm³/mol. The SMILES string of the molecule is CCc1nc(SCC(=O)O)c2cc(C)sc2n1. The van der Waals surface area contributed by atoms with Crippen molar-refractivity contribution in [2.45, 2.75) is 25.3 Å². The van der Waals surface area contributed by atoms with Crippen molar-refractivity contribution in [1.82, 2.24) is 9.97 Å². The molecule has 0 aliphatic carbocycles. The summed E-state index contributed by atoms with van der Waals surface area (Å²) in [6.45, 7) is 4.01. The van der Waals surface area contributed by atoms with Crippen LogP contribution in [0.5, 0.6) is 0 Å². The zero-order valence-corrected chi connectivity index (χ0v) is 11.2. The molecule has 2 aromatic heterocycles. The molecular weight excluding hydrogens is 256 g/mol. The summed E-state index contributed by atoms with van der Waals surface area (Å²) in [6.07, 6.45) is 0.757. The van der Waals surface area contributed by atoms with Crippen molar-refractivity contribution in [3.63, 3.8) is 0 Å². The van der Waals surface area contributed by atoms with Crippen LogP contribution in [-0.4, -0.2) is 26.8 Å². The van der Waals surface area contributed by atoms with Gasteiger partial charge in [-0.15, -0.1) is 11.3 Å². The second-order valence-corrected chi connectivity index (χ2v) is 5.76. The molecule has 4 nitrogen and oxygen atoms in total. The average molecular weight is 268 g/mol. The molecule has 2 aromatic rings. The molecule has 6 heteroatoms. The van der Waals surface area contributed by atoms with Gasteiger partial charge >= 0.3 is 5.97 Å². The standard InChI is InChI=1S/C11H12N2O2S2/c1-3-8-12-10(16-5-9(14)15)7-4-6(2)17-11(7)13-8/h4H,3,5H2,1-2H3,(H,14,15). The summed E-state index contributed by atoms with van der Waals surface area (Å²) in [5.41, 5.74) is 0. The molecule has 0 spiro atoms. The minimum absolute atomic E-state index is 0.0319. The van der Waals surface area contributed by atoms with Crippen LogP contribution >= 0.6 is 23.1 Å². The highest BCUT2D eigenvalue weighted by atomic mass is 32.2. The summed E-state index contributed by atoms with van der Waals surface area (Å²) < 4.78 is 0. The van der Waals surface area contributed by atoms with Crippen molar-refractivity contribution in [2.24, 2.45) is 0 Å². The number of aliphatic carboxylic acids is 1. The van der Waals surface area contributed by atoms with Gasteiger partial charge in [-0.1, -0.05) is 18.7 Å². The molecule has 0 aromatic carbocycles. The van der Waals surface area contributed by atoms with Crippen molar-refractivity contribution >= 4 is 39.3 Å². The molecule has 0 atom stereocenters. The molecule has 2 rings (SSSR count). The Labute approximate surface area is 107 Å². The Kier molecular flexibility index (Phi) is 3.63. The maximum absolute atomic E-state index is 10.6. The highest BCUT2D eigenvalue weighted by molar-refractivity contribution is 8.00. The Morgan fingerprint density at radius 3 is 2.94 bits per heavy atom. The molecule has 1 N–H and O–H groups in total. The van der Waals surface area contributed by atoms with E-state index < -0.39 is 5.97 Å². The lowest BCUT2D eigenvalue weighted by molar-refractivity contribution is -0.133. The van der Waals surface area contributed by atoms with Crippen LogP contribution < -0.4 is 0 Å². The first-order chi connectivity index (χ1) is 8.10. The Balaban J connectivity index is 2.46. The van der Waals surface area contributed by atoms with Crippen LogP contribution in [0.1, 0.15) is 17.6 Å². The van der Waals surface area contributed by atoms with Crippen LogP contribution in [-0.2, 0) is 11.2 Å². The summed E-state index contributed by atoms with van der Waals surface area (Å²) in [6, 6.07) is 2.02. The number of thiophene rings is 1. The minimum Gasteiger partial charge on any atom is -0.481 e. The molecule has 17 heavy (non-hydrogen) atoms. The molecule has 0 saturated heterocycles. The maximum Gasteiger partial charge on any atom is 0.313 e. The third-order valence-corrected chi connectivity index (χ3v) is 4.10. The monoisotopic (exact) mass is 268 g/mol. The minimum atomic E-state index is -0.827. The molecule has 0 unspecified atom stereocenters. The zero-order valence-electron chi connectivity index (χ0n) is 9.56. The Bertz CT molecular complexity index is 566. The van der Waals surface area contributed by atoms with Gasteiger partial charge in [0.05, 0.1) is 5.75 Å². The van der Waals surface area contributed by atoms with E-state index >= 15 is 0 Å². The van der Waals surface area contributed by atoms with E-state index in [2.05, 4.69) is 9.97 Å².